The number of carbonyl (C=O) groups is 5. The largest absolute Gasteiger partial charge is 0.494 e. The minimum atomic E-state index is -4.88. The highest BCUT2D eigenvalue weighted by Crippen LogP contribution is 2.41. The number of aliphatic hydroxyl groups is 1. The Hall–Kier alpha value is -7.70. The summed E-state index contributed by atoms with van der Waals surface area (Å²) in [6.45, 7) is 9.81. The minimum absolute atomic E-state index is 0.00897. The lowest BCUT2D eigenvalue weighted by Gasteiger charge is -2.35. The van der Waals surface area contributed by atoms with Crippen LogP contribution in [0.15, 0.2) is 95.7 Å². The average molecular weight is 1040 g/mol. The molecule has 74 heavy (non-hydrogen) atoms. The molecule has 21 heteroatoms. The fourth-order valence-electron chi connectivity index (χ4n) is 8.72. The fourth-order valence-corrected chi connectivity index (χ4v) is 9.24. The van der Waals surface area contributed by atoms with Crippen LogP contribution in [0.25, 0.3) is 22.5 Å². The van der Waals surface area contributed by atoms with Gasteiger partial charge in [0.15, 0.2) is 17.3 Å². The van der Waals surface area contributed by atoms with Crippen molar-refractivity contribution in [3.05, 3.63) is 120 Å². The van der Waals surface area contributed by atoms with Crippen molar-refractivity contribution < 1.29 is 55.8 Å². The maximum absolute atomic E-state index is 15.9. The Morgan fingerprint density at radius 2 is 1.64 bits per heavy atom. The van der Waals surface area contributed by atoms with E-state index >= 15 is 4.39 Å². The topological polar surface area (TPSA) is 210 Å². The number of anilines is 2. The highest BCUT2D eigenvalue weighted by Gasteiger charge is 2.51. The molecule has 1 aromatic heterocycles. The molecule has 16 nitrogen and oxygen atoms in total. The molecule has 0 saturated carbocycles. The van der Waals surface area contributed by atoms with Crippen LogP contribution in [0.5, 0.6) is 5.75 Å². The maximum Gasteiger partial charge on any atom is 0.417 e. The third kappa shape index (κ3) is 11.9. The van der Waals surface area contributed by atoms with Crippen LogP contribution in [-0.2, 0) is 36.7 Å². The third-order valence-electron chi connectivity index (χ3n) is 12.7. The second kappa shape index (κ2) is 21.8. The maximum atomic E-state index is 15.9. The number of hydrogen-bond donors (Lipinski definition) is 4. The van der Waals surface area contributed by atoms with E-state index in [1.165, 1.54) is 54.3 Å². The fraction of sp³-hybridized carbons (Fsp3) is 0.358. The number of aromatic nitrogens is 1. The van der Waals surface area contributed by atoms with E-state index in [9.17, 15) is 47.5 Å². The molecule has 3 heterocycles. The SMILES string of the molecule is Cc1ncoc1-c1ccc(CNC(=O)[C@@H]2C[C@@H](O)CN2C(=O)[C@@H](NC(=O)CNC(=O)CCCOc2ccc(-c3ccc(N4C(=S)N(c5ccc(C#N)c(C(F)(F)F)c5)C(=O)C4(C)C)c(F)c3)cc2)C(C)(C)C)cc1. The van der Waals surface area contributed by atoms with Crippen molar-refractivity contribution in [2.24, 2.45) is 5.41 Å². The Morgan fingerprint density at radius 1 is 0.959 bits per heavy atom. The number of β-amino-alcohol motifs (C(OH)–C–C–N with tert-alkyl or cyclic N) is 1. The Bertz CT molecular complexity index is 3000. The second-order valence-corrected chi connectivity index (χ2v) is 19.9. The van der Waals surface area contributed by atoms with Gasteiger partial charge in [-0.3, -0.25) is 28.9 Å². The number of oxazole rings is 1. The van der Waals surface area contributed by atoms with E-state index in [1.807, 2.05) is 31.2 Å². The van der Waals surface area contributed by atoms with E-state index in [0.717, 1.165) is 27.8 Å². The predicted molar refractivity (Wildman–Crippen MR) is 268 cm³/mol. The Balaban J connectivity index is 0.868. The summed E-state index contributed by atoms with van der Waals surface area (Å²) >= 11 is 5.55. The highest BCUT2D eigenvalue weighted by molar-refractivity contribution is 7.81. The van der Waals surface area contributed by atoms with Gasteiger partial charge >= 0.3 is 6.18 Å². The molecule has 5 amide bonds. The van der Waals surface area contributed by atoms with Crippen LogP contribution in [0.4, 0.5) is 28.9 Å². The van der Waals surface area contributed by atoms with Crippen molar-refractivity contribution in [2.75, 3.05) is 29.5 Å². The average Bonchev–Trinajstić information content (AvgIpc) is 4.02. The lowest BCUT2D eigenvalue weighted by molar-refractivity contribution is -0.144. The number of ether oxygens (including phenoxy) is 1. The zero-order chi connectivity index (χ0) is 53.9. The quantitative estimate of drug-likeness (QED) is 0.0435. The Labute approximate surface area is 429 Å². The number of rotatable bonds is 16. The first kappa shape index (κ1) is 54.1. The molecule has 7 rings (SSSR count). The number of alkyl halides is 3. The number of likely N-dealkylation sites (tertiary alicyclic amines) is 1. The lowest BCUT2D eigenvalue weighted by Crippen LogP contribution is -2.58. The van der Waals surface area contributed by atoms with Gasteiger partial charge in [-0.15, -0.1) is 0 Å². The number of halogens is 4. The summed E-state index contributed by atoms with van der Waals surface area (Å²) in [4.78, 5) is 74.5. The van der Waals surface area contributed by atoms with Gasteiger partial charge in [-0.05, 0) is 104 Å². The number of aliphatic hydroxyl groups excluding tert-OH is 1. The van der Waals surface area contributed by atoms with Crippen LogP contribution >= 0.6 is 12.2 Å². The molecule has 0 bridgehead atoms. The van der Waals surface area contributed by atoms with Crippen molar-refractivity contribution in [3.8, 4) is 34.3 Å². The Morgan fingerprint density at radius 3 is 2.26 bits per heavy atom. The molecular formula is C53H54F4N8O8S. The number of benzene rings is 4. The number of nitriles is 1. The predicted octanol–water partition coefficient (Wildman–Crippen LogP) is 7.35. The number of hydrogen-bond acceptors (Lipinski definition) is 11. The minimum Gasteiger partial charge on any atom is -0.494 e. The molecule has 2 saturated heterocycles. The van der Waals surface area contributed by atoms with Crippen LogP contribution in [0, 0.1) is 29.5 Å². The summed E-state index contributed by atoms with van der Waals surface area (Å²) < 4.78 is 68.5. The van der Waals surface area contributed by atoms with E-state index in [0.29, 0.717) is 28.7 Å². The number of nitrogens with one attached hydrogen (secondary N) is 3. The van der Waals surface area contributed by atoms with E-state index in [4.69, 9.17) is 21.4 Å². The van der Waals surface area contributed by atoms with Gasteiger partial charge in [0.05, 0.1) is 53.5 Å². The van der Waals surface area contributed by atoms with Crippen LogP contribution in [0.1, 0.15) is 76.3 Å². The van der Waals surface area contributed by atoms with Gasteiger partial charge in [-0.25, -0.2) is 9.37 Å². The van der Waals surface area contributed by atoms with E-state index in [1.54, 1.807) is 51.1 Å². The monoisotopic (exact) mass is 1040 g/mol. The van der Waals surface area contributed by atoms with Gasteiger partial charge < -0.3 is 40.0 Å². The molecule has 0 radical (unpaired) electrons. The summed E-state index contributed by atoms with van der Waals surface area (Å²) in [7, 11) is 0. The zero-order valence-corrected chi connectivity index (χ0v) is 42.1. The molecule has 0 spiro atoms. The van der Waals surface area contributed by atoms with Crippen molar-refractivity contribution in [3.63, 3.8) is 0 Å². The third-order valence-corrected chi connectivity index (χ3v) is 13.1. The molecule has 0 aliphatic carbocycles. The van der Waals surface area contributed by atoms with Crippen molar-refractivity contribution in [2.45, 2.75) is 97.3 Å². The molecule has 2 fully saturated rings. The summed E-state index contributed by atoms with van der Waals surface area (Å²) in [5.41, 5.74) is -1.04. The van der Waals surface area contributed by atoms with Gasteiger partial charge in [-0.1, -0.05) is 63.2 Å². The van der Waals surface area contributed by atoms with Crippen LogP contribution in [0.2, 0.25) is 0 Å². The van der Waals surface area contributed by atoms with Crippen molar-refractivity contribution >= 4 is 58.2 Å². The van der Waals surface area contributed by atoms with Crippen molar-refractivity contribution in [1.29, 1.82) is 5.26 Å². The first-order valence-corrected chi connectivity index (χ1v) is 23.9. The molecule has 5 aromatic rings. The summed E-state index contributed by atoms with van der Waals surface area (Å²) in [5, 5.41) is 27.7. The number of aryl methyl sites for hydroxylation is 1. The second-order valence-electron chi connectivity index (χ2n) is 19.5. The summed E-state index contributed by atoms with van der Waals surface area (Å²) in [6.07, 6.45) is -4.16. The van der Waals surface area contributed by atoms with Crippen molar-refractivity contribution in [1.82, 2.24) is 25.8 Å². The number of thiocarbonyl (C=S) groups is 1. The molecule has 3 atom stereocenters. The summed E-state index contributed by atoms with van der Waals surface area (Å²) in [5.74, 6) is -2.42. The number of carbonyl (C=O) groups excluding carboxylic acids is 5. The van der Waals surface area contributed by atoms with Gasteiger partial charge in [0, 0.05) is 31.5 Å². The Kier molecular flexibility index (Phi) is 15.9. The van der Waals surface area contributed by atoms with Gasteiger partial charge in [0.25, 0.3) is 5.91 Å². The smallest absolute Gasteiger partial charge is 0.417 e. The zero-order valence-electron chi connectivity index (χ0n) is 41.3. The van der Waals surface area contributed by atoms with Gasteiger partial charge in [0.1, 0.15) is 29.2 Å². The molecular weight excluding hydrogens is 985 g/mol. The van der Waals surface area contributed by atoms with Gasteiger partial charge in [-0.2, -0.15) is 18.4 Å². The first-order chi connectivity index (χ1) is 34.9. The standard InChI is InChI=1S/C53H54F4N8O8S/c1-30-45(73-29-61-30)33-11-9-31(10-12-33)26-60-47(69)42-24-37(66)28-63(42)48(70)46(51(2,3)4)62-44(68)27-59-43(67)8-7-21-72-38-18-14-32(15-19-38)34-16-20-41(40(54)22-34)65-50(74)64(49(71)52(65,5)6)36-17-13-35(25-58)39(23-36)53(55,56)57/h9-20,22-23,29,37,42,46,66H,7-8,21,24,26-28H2,1-6H3,(H,59,67)(H,60,69)(H,62,68)/t37-,42+,46-/m1/s1. The van der Waals surface area contributed by atoms with E-state index in [2.05, 4.69) is 20.9 Å². The number of nitrogens with zero attached hydrogens (tertiary/aromatic N) is 5. The normalized spacial score (nSPS) is 17.0. The first-order valence-electron chi connectivity index (χ1n) is 23.5. The van der Waals surface area contributed by atoms with Crippen LogP contribution in [0.3, 0.4) is 0 Å². The molecule has 388 valence electrons. The van der Waals surface area contributed by atoms with Crippen LogP contribution in [-0.4, -0.2) is 93.1 Å². The molecule has 4 N–H and O–H groups in total. The lowest BCUT2D eigenvalue weighted by atomic mass is 9.85. The van der Waals surface area contributed by atoms with Gasteiger partial charge in [0.2, 0.25) is 23.6 Å². The van der Waals surface area contributed by atoms with E-state index < -0.39 is 88.3 Å². The molecule has 4 aromatic carbocycles. The van der Waals surface area contributed by atoms with Crippen LogP contribution < -0.4 is 30.5 Å². The molecule has 2 aliphatic rings. The molecule has 2 aliphatic heterocycles. The molecule has 0 unspecified atom stereocenters. The summed E-state index contributed by atoms with van der Waals surface area (Å²) in [6, 6.07) is 20.5. The number of amides is 5. The highest BCUT2D eigenvalue weighted by atomic mass is 32.1. The van der Waals surface area contributed by atoms with E-state index in [-0.39, 0.29) is 55.4 Å².